The van der Waals surface area contributed by atoms with Crippen LogP contribution in [-0.4, -0.2) is 52.2 Å². The van der Waals surface area contributed by atoms with E-state index in [9.17, 15) is 4.39 Å². The summed E-state index contributed by atoms with van der Waals surface area (Å²) in [5, 5.41) is 4.80. The Morgan fingerprint density at radius 1 is 0.423 bits per heavy atom. The molecular weight excluding hydrogens is 1970 g/mol. The molecule has 0 N–H and O–H groups in total. The molecule has 4 aromatic heterocycles. The van der Waals surface area contributed by atoms with Gasteiger partial charge in [-0.2, -0.15) is 0 Å². The van der Waals surface area contributed by atoms with Gasteiger partial charge >= 0.3 is 0 Å². The van der Waals surface area contributed by atoms with E-state index in [1.54, 1.807) is 18.3 Å². The van der Waals surface area contributed by atoms with Crippen molar-refractivity contribution in [2.75, 3.05) is 0 Å². The van der Waals surface area contributed by atoms with Crippen LogP contribution in [0.5, 0.6) is 0 Å². The summed E-state index contributed by atoms with van der Waals surface area (Å²) in [7, 11) is -6.63. The summed E-state index contributed by atoms with van der Waals surface area (Å²) in [6.07, 6.45) is 22.0. The molecule has 0 unspecified atom stereocenters. The molecular formula is C84H115FIr4N4Si4-4. The number of pyridine rings is 4. The number of benzene rings is 4. The largest absolute Gasteiger partial charge is 0.305 e. The summed E-state index contributed by atoms with van der Waals surface area (Å²) < 4.78 is 154. The molecule has 0 amide bonds. The van der Waals surface area contributed by atoms with E-state index in [1.165, 1.54) is 126 Å². The maximum absolute atomic E-state index is 13.0. The number of aromatic nitrogens is 4. The predicted octanol–water partition coefficient (Wildman–Crippen LogP) is 21.1. The molecule has 2 aliphatic rings. The zero-order valence-electron chi connectivity index (χ0n) is 78.5. The molecule has 0 atom stereocenters. The third-order valence-electron chi connectivity index (χ3n) is 17.6. The molecule has 0 saturated heterocycles. The van der Waals surface area contributed by atoms with Crippen molar-refractivity contribution >= 4 is 53.0 Å². The Balaban J connectivity index is 0.000000396. The van der Waals surface area contributed by atoms with Crippen LogP contribution in [0.4, 0.5) is 4.39 Å². The summed E-state index contributed by atoms with van der Waals surface area (Å²) in [4.78, 5) is 18.4. The van der Waals surface area contributed by atoms with Gasteiger partial charge in [-0.3, -0.25) is 4.39 Å². The van der Waals surface area contributed by atoms with E-state index in [0.717, 1.165) is 41.6 Å². The Hall–Kier alpha value is -3.13. The van der Waals surface area contributed by atoms with E-state index in [2.05, 4.69) is 165 Å². The average Bonchev–Trinajstić information content (AvgIpc) is 1.44. The second-order valence-electron chi connectivity index (χ2n) is 32.3. The van der Waals surface area contributed by atoms with E-state index >= 15 is 0 Å². The van der Waals surface area contributed by atoms with Gasteiger partial charge in [-0.05, 0) is 92.3 Å². The molecule has 4 aromatic carbocycles. The van der Waals surface area contributed by atoms with E-state index < -0.39 is 73.4 Å². The normalized spacial score (nSPS) is 17.3. The number of hydrogen-bond donors (Lipinski definition) is 0. The van der Waals surface area contributed by atoms with Gasteiger partial charge in [-0.1, -0.05) is 259 Å². The van der Waals surface area contributed by atoms with Gasteiger partial charge in [0, 0.05) is 136 Å². The van der Waals surface area contributed by atoms with E-state index in [0.29, 0.717) is 56.4 Å². The number of rotatable bonds is 13. The van der Waals surface area contributed by atoms with Gasteiger partial charge in [0.2, 0.25) is 0 Å². The van der Waals surface area contributed by atoms with Gasteiger partial charge in [0.15, 0.2) is 0 Å². The summed E-state index contributed by atoms with van der Waals surface area (Å²) >= 11 is 0. The topological polar surface area (TPSA) is 51.6 Å². The van der Waals surface area contributed by atoms with Crippen molar-refractivity contribution in [3.8, 4) is 45.0 Å². The molecule has 13 heteroatoms. The maximum Gasteiger partial charge on any atom is 0.0798 e. The Kier molecular flexibility index (Phi) is 24.0. The van der Waals surface area contributed by atoms with E-state index in [1.807, 2.05) is 42.9 Å². The molecule has 2 aliphatic carbocycles. The molecule has 534 valence electrons. The minimum atomic E-state index is -2.46. The van der Waals surface area contributed by atoms with E-state index in [4.69, 9.17) is 29.7 Å². The van der Waals surface area contributed by atoms with Crippen LogP contribution >= 0.6 is 0 Å². The molecule has 2 fully saturated rings. The van der Waals surface area contributed by atoms with Crippen molar-refractivity contribution in [1.29, 1.82) is 0 Å². The smallest absolute Gasteiger partial charge is 0.0798 e. The molecule has 0 aliphatic heterocycles. The van der Waals surface area contributed by atoms with Crippen LogP contribution in [0.25, 0.3) is 45.0 Å². The standard InChI is InChI=1S/C25H36NSi.C23H32NSi.C21H30NSi.C15H17FNSi.4Ir/c1-18-14-21(25(2,3)4)12-13-22(18)23-16-20(15-19-10-8-9-11-19)24(17-26-23)27(5,6)7;1-17-11-12-21(18(2)13-17)22-15-20(14-19-9-7-6-8-10-19)23(16-24-22)25(3,4)5;1-15-9-10-18(16(2)11-15)19-12-17(13-21(3,4)5)20(14-22-19)23(6,7)8;1-11-9-14(12-5-7-13(16)8-6-12)17-10-15(11)18(2,3)4;;;;/h12,14,16-17,19H,8-11,15H2,1-7H3;11,13,15-16,19H,6-10,14H2,1-5H3;9,11-12,14H,13H2,1-8H3;5,7-10H,1-4H3;;;;/q4*-1;;;;/i1D3;2*1D3,2D3;1D3;;;;. The predicted molar refractivity (Wildman–Crippen MR) is 412 cm³/mol. The van der Waals surface area contributed by atoms with Crippen molar-refractivity contribution in [2.45, 2.75) is 244 Å². The number of nitrogens with zero attached hydrogens (tertiary/aromatic N) is 4. The first-order valence-electron chi connectivity index (χ1n) is 42.4. The SMILES string of the molecule is [2H]C([2H])([2H])c1c[c-]c(-c2cc(CC(C)(C)C)c([Si](C)(C)C)cn2)c(C([2H])([2H])[2H])c1.[2H]C([2H])([2H])c1c[c-]c(-c2cc(CC3CCCCC3)c([Si](C)(C)C)cn2)c(C([2H])([2H])[2H])c1.[2H]C([2H])([2H])c1cc(-c2[c-]cc(F)cc2)ncc1[Si](C)(C)C.[2H]C([2H])([2H])c1cc(C(C)(C)C)c[c-]c1-c1cc(CC2CCCC2)c([Si](C)(C)C)cn1.[Ir].[Ir].[Ir].[Ir]. The maximum atomic E-state index is 13.0. The quantitative estimate of drug-likeness (QED) is 0.0853. The van der Waals surface area contributed by atoms with Crippen LogP contribution in [0.3, 0.4) is 0 Å². The van der Waals surface area contributed by atoms with Crippen molar-refractivity contribution < 1.29 is 109 Å². The molecule has 4 nitrogen and oxygen atoms in total. The van der Waals surface area contributed by atoms with Crippen molar-refractivity contribution in [1.82, 2.24) is 19.9 Å². The molecule has 8 aromatic rings. The minimum Gasteiger partial charge on any atom is -0.305 e. The Morgan fingerprint density at radius 2 is 0.804 bits per heavy atom. The van der Waals surface area contributed by atoms with Gasteiger partial charge in [-0.25, -0.2) is 0 Å². The third kappa shape index (κ3) is 26.0. The monoisotopic (exact) mass is 2100 g/mol. The first kappa shape index (κ1) is 62.4. The van der Waals surface area contributed by atoms with Crippen molar-refractivity contribution in [3.63, 3.8) is 0 Å². The summed E-state index contributed by atoms with van der Waals surface area (Å²) in [6.45, 7) is 25.8. The molecule has 4 heterocycles. The third-order valence-corrected chi connectivity index (χ3v) is 25.8. The van der Waals surface area contributed by atoms with Gasteiger partial charge in [-0.15, -0.1) is 134 Å². The second kappa shape index (κ2) is 37.4. The Bertz CT molecular complexity index is 4510. The van der Waals surface area contributed by atoms with Gasteiger partial charge in [0.1, 0.15) is 0 Å². The van der Waals surface area contributed by atoms with E-state index in [-0.39, 0.29) is 119 Å². The van der Waals surface area contributed by atoms with Crippen LogP contribution in [0.2, 0.25) is 78.6 Å². The number of halogens is 1. The fourth-order valence-electron chi connectivity index (χ4n) is 12.5. The van der Waals surface area contributed by atoms with Gasteiger partial charge in [0.25, 0.3) is 0 Å². The van der Waals surface area contributed by atoms with Crippen molar-refractivity contribution in [2.24, 2.45) is 17.3 Å². The van der Waals surface area contributed by atoms with Crippen LogP contribution in [0.1, 0.15) is 180 Å². The van der Waals surface area contributed by atoms with Gasteiger partial charge in [0.05, 0.1) is 32.3 Å². The molecule has 0 spiro atoms. The molecule has 0 bridgehead atoms. The minimum absolute atomic E-state index is 0. The van der Waals surface area contributed by atoms with Crippen LogP contribution in [0.15, 0.2) is 104 Å². The van der Waals surface area contributed by atoms with Crippen LogP contribution in [0, 0.1) is 88.4 Å². The first-order chi connectivity index (χ1) is 50.5. The molecule has 97 heavy (non-hydrogen) atoms. The zero-order chi connectivity index (χ0) is 83.6. The van der Waals surface area contributed by atoms with Crippen LogP contribution in [-0.2, 0) is 105 Å². The zero-order valence-corrected chi connectivity index (χ0v) is 74.0. The Labute approximate surface area is 672 Å². The summed E-state index contributed by atoms with van der Waals surface area (Å²) in [5.41, 5.74) is 9.63. The molecule has 4 radical (unpaired) electrons. The number of hydrogen-bond acceptors (Lipinski definition) is 4. The molecule has 10 rings (SSSR count). The second-order valence-corrected chi connectivity index (χ2v) is 52.5. The molecule has 2 saturated carbocycles. The fraction of sp³-hybridized carbons (Fsp3) is 0.476. The van der Waals surface area contributed by atoms with Crippen molar-refractivity contribution in [3.05, 3.63) is 189 Å². The van der Waals surface area contributed by atoms with Crippen LogP contribution < -0.4 is 20.7 Å². The Morgan fingerprint density at radius 3 is 1.19 bits per heavy atom. The summed E-state index contributed by atoms with van der Waals surface area (Å²) in [5.74, 6) is 1.02. The first-order valence-corrected chi connectivity index (χ1v) is 47.4. The summed E-state index contributed by atoms with van der Waals surface area (Å²) in [6, 6.07) is 32.8. The number of aryl methyl sites for hydroxylation is 6. The average molecular weight is 2100 g/mol. The van der Waals surface area contributed by atoms with Gasteiger partial charge < -0.3 is 19.9 Å². The fourth-order valence-corrected chi connectivity index (χ4v) is 18.6.